The fourth-order valence-corrected chi connectivity index (χ4v) is 3.03. The molecular weight excluding hydrogens is 298 g/mol. The Kier molecular flexibility index (Phi) is 4.49. The van der Waals surface area contributed by atoms with Gasteiger partial charge in [0.05, 0.1) is 6.54 Å². The highest BCUT2D eigenvalue weighted by molar-refractivity contribution is 5.68. The van der Waals surface area contributed by atoms with Crippen LogP contribution in [0.2, 0.25) is 0 Å². The summed E-state index contributed by atoms with van der Waals surface area (Å²) in [6.07, 6.45) is 3.97. The summed E-state index contributed by atoms with van der Waals surface area (Å²) in [7, 11) is 1.48. The average Bonchev–Trinajstić information content (AvgIpc) is 3.08. The van der Waals surface area contributed by atoms with Gasteiger partial charge in [-0.3, -0.25) is 13.9 Å². The molecule has 0 atom stereocenters. The van der Waals surface area contributed by atoms with Crippen LogP contribution in [0, 0.1) is 0 Å². The van der Waals surface area contributed by atoms with E-state index in [1.807, 2.05) is 0 Å². The summed E-state index contributed by atoms with van der Waals surface area (Å²) in [4.78, 5) is 29.2. The van der Waals surface area contributed by atoms with Crippen LogP contribution in [-0.4, -0.2) is 37.4 Å². The Balaban J connectivity index is 2.12. The molecule has 1 aliphatic rings. The van der Waals surface area contributed by atoms with Gasteiger partial charge in [-0.15, -0.1) is 10.2 Å². The number of nitrogens with two attached hydrogens (primary N) is 1. The summed E-state index contributed by atoms with van der Waals surface area (Å²) in [5.41, 5.74) is 5.12. The number of hydrogen-bond acceptors (Lipinski definition) is 7. The average molecular weight is 319 g/mol. The van der Waals surface area contributed by atoms with E-state index in [2.05, 4.69) is 20.5 Å². The van der Waals surface area contributed by atoms with Crippen LogP contribution in [0.1, 0.15) is 37.5 Å². The second-order valence-corrected chi connectivity index (χ2v) is 5.82. The molecule has 0 bridgehead atoms. The summed E-state index contributed by atoms with van der Waals surface area (Å²) in [6.45, 7) is 1.51. The summed E-state index contributed by atoms with van der Waals surface area (Å²) in [5, 5.41) is 11.2. The van der Waals surface area contributed by atoms with Crippen LogP contribution in [0.15, 0.2) is 9.59 Å². The molecule has 23 heavy (non-hydrogen) atoms. The maximum Gasteiger partial charge on any atom is 0.332 e. The molecule has 0 saturated heterocycles. The standard InChI is InChI=1S/C14H21N7O2/c1-20-13(22)11-12(19-18-10(17-11)8-16-7-6-15)21(14(20)23)9-4-2-3-5-9/h9,16H,2-8,15H2,1H3. The Bertz CT molecular complexity index is 820. The first kappa shape index (κ1) is 15.8. The van der Waals surface area contributed by atoms with Crippen molar-refractivity contribution in [3.05, 3.63) is 26.7 Å². The Labute approximate surface area is 132 Å². The molecule has 9 nitrogen and oxygen atoms in total. The van der Waals surface area contributed by atoms with E-state index in [1.165, 1.54) is 7.05 Å². The summed E-state index contributed by atoms with van der Waals surface area (Å²) < 4.78 is 2.69. The Hall–Kier alpha value is -2.13. The number of fused-ring (bicyclic) bond motifs is 1. The zero-order valence-corrected chi connectivity index (χ0v) is 13.2. The fourth-order valence-electron chi connectivity index (χ4n) is 3.03. The van der Waals surface area contributed by atoms with Crippen molar-refractivity contribution in [1.82, 2.24) is 29.6 Å². The minimum absolute atomic E-state index is 0.0640. The molecule has 0 unspecified atom stereocenters. The van der Waals surface area contributed by atoms with E-state index in [-0.39, 0.29) is 22.9 Å². The van der Waals surface area contributed by atoms with Crippen LogP contribution in [0.4, 0.5) is 0 Å². The van der Waals surface area contributed by atoms with Crippen LogP contribution in [0.25, 0.3) is 11.2 Å². The van der Waals surface area contributed by atoms with Gasteiger partial charge in [-0.2, -0.15) is 0 Å². The molecule has 124 valence electrons. The number of rotatable bonds is 5. The van der Waals surface area contributed by atoms with Gasteiger partial charge in [0.1, 0.15) is 0 Å². The molecule has 3 N–H and O–H groups in total. The first-order chi connectivity index (χ1) is 11.1. The molecular formula is C14H21N7O2. The Morgan fingerprint density at radius 1 is 1.26 bits per heavy atom. The van der Waals surface area contributed by atoms with Gasteiger partial charge in [0.2, 0.25) is 0 Å². The molecule has 0 amide bonds. The molecule has 1 fully saturated rings. The lowest BCUT2D eigenvalue weighted by atomic mass is 10.2. The zero-order chi connectivity index (χ0) is 16.4. The lowest BCUT2D eigenvalue weighted by Crippen LogP contribution is -2.40. The number of nitrogens with one attached hydrogen (secondary N) is 1. The van der Waals surface area contributed by atoms with Crippen molar-refractivity contribution in [3.8, 4) is 0 Å². The van der Waals surface area contributed by atoms with Crippen LogP contribution < -0.4 is 22.3 Å². The molecule has 2 heterocycles. The highest BCUT2D eigenvalue weighted by atomic mass is 16.2. The molecule has 0 aromatic carbocycles. The number of hydrogen-bond donors (Lipinski definition) is 2. The predicted molar refractivity (Wildman–Crippen MR) is 85.1 cm³/mol. The largest absolute Gasteiger partial charge is 0.332 e. The van der Waals surface area contributed by atoms with E-state index in [9.17, 15) is 9.59 Å². The van der Waals surface area contributed by atoms with Gasteiger partial charge in [0.15, 0.2) is 17.0 Å². The summed E-state index contributed by atoms with van der Waals surface area (Å²) in [6, 6.07) is 0.0640. The molecule has 2 aromatic heterocycles. The van der Waals surface area contributed by atoms with Gasteiger partial charge in [-0.1, -0.05) is 12.8 Å². The van der Waals surface area contributed by atoms with Gasteiger partial charge in [-0.25, -0.2) is 9.78 Å². The van der Waals surface area contributed by atoms with Crippen molar-refractivity contribution in [2.75, 3.05) is 13.1 Å². The molecule has 3 rings (SSSR count). The van der Waals surface area contributed by atoms with Crippen LogP contribution in [0.5, 0.6) is 0 Å². The molecule has 0 aliphatic heterocycles. The third-order valence-electron chi connectivity index (χ3n) is 4.24. The van der Waals surface area contributed by atoms with Crippen molar-refractivity contribution in [1.29, 1.82) is 0 Å². The van der Waals surface area contributed by atoms with Crippen molar-refractivity contribution in [3.63, 3.8) is 0 Å². The number of aromatic nitrogens is 5. The minimum Gasteiger partial charge on any atom is -0.329 e. The third kappa shape index (κ3) is 2.89. The molecule has 9 heteroatoms. The van der Waals surface area contributed by atoms with Crippen LogP contribution >= 0.6 is 0 Å². The van der Waals surface area contributed by atoms with E-state index < -0.39 is 5.56 Å². The maximum absolute atomic E-state index is 12.5. The lowest BCUT2D eigenvalue weighted by molar-refractivity contribution is 0.485. The third-order valence-corrected chi connectivity index (χ3v) is 4.24. The van der Waals surface area contributed by atoms with Crippen LogP contribution in [-0.2, 0) is 13.6 Å². The quantitative estimate of drug-likeness (QED) is 0.681. The Morgan fingerprint density at radius 2 is 2.00 bits per heavy atom. The molecule has 1 saturated carbocycles. The minimum atomic E-state index is -0.436. The summed E-state index contributed by atoms with van der Waals surface area (Å²) >= 11 is 0. The highest BCUT2D eigenvalue weighted by Crippen LogP contribution is 2.29. The molecule has 0 radical (unpaired) electrons. The molecule has 1 aliphatic carbocycles. The van der Waals surface area contributed by atoms with E-state index >= 15 is 0 Å². The normalized spacial score (nSPS) is 15.6. The monoisotopic (exact) mass is 319 g/mol. The first-order valence-corrected chi connectivity index (χ1v) is 7.89. The molecule has 2 aromatic rings. The lowest BCUT2D eigenvalue weighted by Gasteiger charge is -2.16. The first-order valence-electron chi connectivity index (χ1n) is 7.89. The van der Waals surface area contributed by atoms with Gasteiger partial charge in [0.25, 0.3) is 5.56 Å². The van der Waals surface area contributed by atoms with Gasteiger partial charge >= 0.3 is 5.69 Å². The van der Waals surface area contributed by atoms with E-state index in [4.69, 9.17) is 5.73 Å². The fraction of sp³-hybridized carbons (Fsp3) is 0.643. The smallest absolute Gasteiger partial charge is 0.329 e. The van der Waals surface area contributed by atoms with Gasteiger partial charge in [-0.05, 0) is 12.8 Å². The number of nitrogens with zero attached hydrogens (tertiary/aromatic N) is 5. The topological polar surface area (TPSA) is 121 Å². The zero-order valence-electron chi connectivity index (χ0n) is 13.2. The van der Waals surface area contributed by atoms with Crippen molar-refractivity contribution in [2.24, 2.45) is 12.8 Å². The van der Waals surface area contributed by atoms with E-state index in [0.29, 0.717) is 25.5 Å². The van der Waals surface area contributed by atoms with Crippen molar-refractivity contribution in [2.45, 2.75) is 38.3 Å². The Morgan fingerprint density at radius 3 is 2.70 bits per heavy atom. The summed E-state index contributed by atoms with van der Waals surface area (Å²) in [5.74, 6) is 0.416. The highest BCUT2D eigenvalue weighted by Gasteiger charge is 2.24. The second-order valence-electron chi connectivity index (χ2n) is 5.82. The van der Waals surface area contributed by atoms with Gasteiger partial charge < -0.3 is 11.1 Å². The maximum atomic E-state index is 12.5. The van der Waals surface area contributed by atoms with E-state index in [1.54, 1.807) is 4.57 Å². The van der Waals surface area contributed by atoms with Gasteiger partial charge in [0, 0.05) is 26.2 Å². The predicted octanol–water partition coefficient (Wildman–Crippen LogP) is -0.951. The van der Waals surface area contributed by atoms with E-state index in [0.717, 1.165) is 30.3 Å². The second kappa shape index (κ2) is 6.55. The van der Waals surface area contributed by atoms with Crippen LogP contribution in [0.3, 0.4) is 0 Å². The van der Waals surface area contributed by atoms with Crippen molar-refractivity contribution >= 4 is 11.2 Å². The SMILES string of the molecule is Cn1c(=O)c2nc(CNCCN)nnc2n(C2CCCC2)c1=O. The molecule has 0 spiro atoms. The van der Waals surface area contributed by atoms with Crippen molar-refractivity contribution < 1.29 is 0 Å².